The molecule has 0 radical (unpaired) electrons. The zero-order valence-electron chi connectivity index (χ0n) is 9.37. The van der Waals surface area contributed by atoms with Crippen LogP contribution in [-0.4, -0.2) is 5.97 Å². The Morgan fingerprint density at radius 3 is 2.18 bits per heavy atom. The van der Waals surface area contributed by atoms with E-state index in [2.05, 4.69) is 0 Å². The Morgan fingerprint density at radius 2 is 1.59 bits per heavy atom. The van der Waals surface area contributed by atoms with Crippen LogP contribution in [0.5, 0.6) is 0 Å². The summed E-state index contributed by atoms with van der Waals surface area (Å²) in [6.07, 6.45) is 3.80. The van der Waals surface area contributed by atoms with E-state index in [0.717, 1.165) is 11.1 Å². The van der Waals surface area contributed by atoms with Gasteiger partial charge in [0.15, 0.2) is 18.9 Å². The van der Waals surface area contributed by atoms with E-state index in [1.54, 1.807) is 0 Å². The van der Waals surface area contributed by atoms with E-state index in [-0.39, 0.29) is 6.42 Å². The van der Waals surface area contributed by atoms with Crippen molar-refractivity contribution in [1.29, 1.82) is 0 Å². The lowest BCUT2D eigenvalue weighted by Gasteiger charge is -2.01. The number of aromatic nitrogens is 1. The van der Waals surface area contributed by atoms with Gasteiger partial charge in [0.05, 0.1) is 0 Å². The molecule has 0 fully saturated rings. The van der Waals surface area contributed by atoms with Gasteiger partial charge in [-0.05, 0) is 11.1 Å². The summed E-state index contributed by atoms with van der Waals surface area (Å²) < 4.78 is 1.84. The maximum absolute atomic E-state index is 10.3. The van der Waals surface area contributed by atoms with Gasteiger partial charge in [0.1, 0.15) is 0 Å². The Hall–Kier alpha value is -2.16. The molecule has 0 N–H and O–H groups in total. The molecule has 2 rings (SSSR count). The second-order valence-corrected chi connectivity index (χ2v) is 3.81. The number of aliphatic carboxylic acids is 1. The fraction of sp³-hybridized carbons (Fsp3) is 0.143. The van der Waals surface area contributed by atoms with Crippen molar-refractivity contribution in [2.75, 3.05) is 0 Å². The molecule has 1 heterocycles. The molecule has 0 amide bonds. The smallest absolute Gasteiger partial charge is 0.169 e. The molecule has 17 heavy (non-hydrogen) atoms. The maximum Gasteiger partial charge on any atom is 0.169 e. The summed E-state index contributed by atoms with van der Waals surface area (Å²) >= 11 is 0. The van der Waals surface area contributed by atoms with E-state index in [0.29, 0.717) is 6.54 Å². The molecular weight excluding hydrogens is 214 g/mol. The van der Waals surface area contributed by atoms with Crippen molar-refractivity contribution in [2.24, 2.45) is 0 Å². The van der Waals surface area contributed by atoms with Crippen LogP contribution in [0.3, 0.4) is 0 Å². The quantitative estimate of drug-likeness (QED) is 0.724. The Labute approximate surface area is 100.0 Å². The summed E-state index contributed by atoms with van der Waals surface area (Å²) in [4.78, 5) is 10.3. The van der Waals surface area contributed by atoms with Crippen molar-refractivity contribution in [3.05, 3.63) is 54.9 Å². The van der Waals surface area contributed by atoms with Gasteiger partial charge in [0.25, 0.3) is 0 Å². The lowest BCUT2D eigenvalue weighted by molar-refractivity contribution is -0.696. The van der Waals surface area contributed by atoms with Gasteiger partial charge in [-0.2, -0.15) is 0 Å². The number of hydrogen-bond acceptors (Lipinski definition) is 2. The summed E-state index contributed by atoms with van der Waals surface area (Å²) in [5.74, 6) is -1.02. The zero-order chi connectivity index (χ0) is 12.1. The first kappa shape index (κ1) is 11.3. The largest absolute Gasteiger partial charge is 0.550 e. The standard InChI is InChI=1S/C14H13NO2/c16-14(17)8-11-15-9-6-13(7-10-15)12-4-2-1-3-5-12/h1-7,9-10H,8,11H2. The van der Waals surface area contributed by atoms with Crippen LogP contribution in [0.4, 0.5) is 0 Å². The average Bonchev–Trinajstić information content (AvgIpc) is 2.38. The number of hydrogen-bond donors (Lipinski definition) is 0. The highest BCUT2D eigenvalue weighted by atomic mass is 16.4. The van der Waals surface area contributed by atoms with E-state index in [9.17, 15) is 9.90 Å². The Kier molecular flexibility index (Phi) is 3.50. The van der Waals surface area contributed by atoms with Crippen LogP contribution < -0.4 is 9.67 Å². The first-order valence-electron chi connectivity index (χ1n) is 5.50. The first-order chi connectivity index (χ1) is 8.25. The summed E-state index contributed by atoms with van der Waals surface area (Å²) in [5, 5.41) is 10.3. The van der Waals surface area contributed by atoms with Gasteiger partial charge >= 0.3 is 0 Å². The van der Waals surface area contributed by atoms with Crippen LogP contribution in [0.15, 0.2) is 54.9 Å². The van der Waals surface area contributed by atoms with E-state index < -0.39 is 5.97 Å². The van der Waals surface area contributed by atoms with Gasteiger partial charge in [-0.25, -0.2) is 4.57 Å². The summed E-state index contributed by atoms with van der Waals surface area (Å²) in [6, 6.07) is 14.0. The van der Waals surface area contributed by atoms with Crippen molar-refractivity contribution in [1.82, 2.24) is 0 Å². The first-order valence-corrected chi connectivity index (χ1v) is 5.50. The molecule has 0 aliphatic heterocycles. The second-order valence-electron chi connectivity index (χ2n) is 3.81. The molecule has 0 unspecified atom stereocenters. The van der Waals surface area contributed by atoms with E-state index in [1.807, 2.05) is 59.4 Å². The molecule has 3 heteroatoms. The van der Waals surface area contributed by atoms with E-state index in [1.165, 1.54) is 0 Å². The SMILES string of the molecule is O=C([O-])CC[n+]1ccc(-c2ccccc2)cc1. The van der Waals surface area contributed by atoms with Gasteiger partial charge < -0.3 is 9.90 Å². The highest BCUT2D eigenvalue weighted by molar-refractivity contribution is 5.64. The number of carbonyl (C=O) groups is 1. The van der Waals surface area contributed by atoms with E-state index in [4.69, 9.17) is 0 Å². The van der Waals surface area contributed by atoms with Crippen molar-refractivity contribution >= 4 is 5.97 Å². The monoisotopic (exact) mass is 227 g/mol. The molecule has 1 aromatic carbocycles. The molecule has 0 aliphatic rings. The van der Waals surface area contributed by atoms with Crippen LogP contribution in [0, 0.1) is 0 Å². The van der Waals surface area contributed by atoms with Crippen molar-refractivity contribution in [3.63, 3.8) is 0 Å². The average molecular weight is 227 g/mol. The lowest BCUT2D eigenvalue weighted by atomic mass is 10.1. The van der Waals surface area contributed by atoms with Crippen molar-refractivity contribution in [3.8, 4) is 11.1 Å². The molecule has 0 saturated heterocycles. The molecular formula is C14H13NO2. The maximum atomic E-state index is 10.3. The summed E-state index contributed by atoms with van der Waals surface area (Å²) in [5.41, 5.74) is 2.27. The molecule has 2 aromatic rings. The number of carboxylic acids is 1. The summed E-state index contributed by atoms with van der Waals surface area (Å²) in [7, 11) is 0. The minimum atomic E-state index is -1.02. The molecule has 0 aliphatic carbocycles. The number of carboxylic acid groups (broad SMARTS) is 1. The highest BCUT2D eigenvalue weighted by Crippen LogP contribution is 2.16. The van der Waals surface area contributed by atoms with Gasteiger partial charge in [0, 0.05) is 24.5 Å². The number of aryl methyl sites for hydroxylation is 1. The van der Waals surface area contributed by atoms with Gasteiger partial charge in [-0.1, -0.05) is 30.3 Å². The van der Waals surface area contributed by atoms with Crippen LogP contribution in [-0.2, 0) is 11.3 Å². The van der Waals surface area contributed by atoms with Gasteiger partial charge in [0.2, 0.25) is 0 Å². The molecule has 3 nitrogen and oxygen atoms in total. The Balaban J connectivity index is 2.11. The van der Waals surface area contributed by atoms with E-state index >= 15 is 0 Å². The predicted molar refractivity (Wildman–Crippen MR) is 61.7 cm³/mol. The Morgan fingerprint density at radius 1 is 1.00 bits per heavy atom. The van der Waals surface area contributed by atoms with Crippen molar-refractivity contribution in [2.45, 2.75) is 13.0 Å². The topological polar surface area (TPSA) is 44.0 Å². The fourth-order valence-corrected chi connectivity index (χ4v) is 1.65. The van der Waals surface area contributed by atoms with Gasteiger partial charge in [-0.3, -0.25) is 0 Å². The third-order valence-electron chi connectivity index (χ3n) is 2.57. The normalized spacial score (nSPS) is 10.1. The van der Waals surface area contributed by atoms with Crippen molar-refractivity contribution < 1.29 is 14.5 Å². The number of benzene rings is 1. The zero-order valence-corrected chi connectivity index (χ0v) is 9.37. The van der Waals surface area contributed by atoms with Crippen LogP contribution >= 0.6 is 0 Å². The molecule has 1 aromatic heterocycles. The minimum absolute atomic E-state index is 0.0371. The van der Waals surface area contributed by atoms with Crippen LogP contribution in [0.1, 0.15) is 6.42 Å². The molecule has 0 saturated carbocycles. The second kappa shape index (κ2) is 5.25. The number of nitrogens with zero attached hydrogens (tertiary/aromatic N) is 1. The van der Waals surface area contributed by atoms with Crippen LogP contribution in [0.2, 0.25) is 0 Å². The molecule has 0 atom stereocenters. The summed E-state index contributed by atoms with van der Waals surface area (Å²) in [6.45, 7) is 0.442. The number of rotatable bonds is 4. The lowest BCUT2D eigenvalue weighted by Crippen LogP contribution is -2.36. The number of carbonyl (C=O) groups excluding carboxylic acids is 1. The fourth-order valence-electron chi connectivity index (χ4n) is 1.65. The van der Waals surface area contributed by atoms with Crippen LogP contribution in [0.25, 0.3) is 11.1 Å². The third-order valence-corrected chi connectivity index (χ3v) is 2.57. The molecule has 86 valence electrons. The predicted octanol–water partition coefficient (Wildman–Crippen LogP) is 0.781. The third kappa shape index (κ3) is 3.14. The molecule has 0 spiro atoms. The van der Waals surface area contributed by atoms with Gasteiger partial charge in [-0.15, -0.1) is 0 Å². The highest BCUT2D eigenvalue weighted by Gasteiger charge is 2.02. The molecule has 0 bridgehead atoms. The number of pyridine rings is 1. The minimum Gasteiger partial charge on any atom is -0.550 e. The Bertz CT molecular complexity index is 491.